The maximum Gasteiger partial charge on any atom is 0.284 e. The third-order valence-corrected chi connectivity index (χ3v) is 3.52. The Hall–Kier alpha value is -1.60. The lowest BCUT2D eigenvalue weighted by Crippen LogP contribution is -2.13. The van der Waals surface area contributed by atoms with Gasteiger partial charge in [-0.25, -0.2) is 4.98 Å². The molecule has 0 radical (unpaired) electrons. The van der Waals surface area contributed by atoms with Crippen molar-refractivity contribution in [2.24, 2.45) is 0 Å². The number of alkyl halides is 2. The van der Waals surface area contributed by atoms with Crippen molar-refractivity contribution in [1.29, 1.82) is 0 Å². The van der Waals surface area contributed by atoms with Crippen molar-refractivity contribution in [1.82, 2.24) is 10.3 Å². The van der Waals surface area contributed by atoms with Crippen LogP contribution < -0.4 is 10.1 Å². The van der Waals surface area contributed by atoms with Crippen molar-refractivity contribution in [2.75, 3.05) is 6.61 Å². The van der Waals surface area contributed by atoms with Crippen LogP contribution in [0.4, 0.5) is 8.78 Å². The molecular formula is C15H18F2N2O2S. The average Bonchev–Trinajstić information content (AvgIpc) is 2.95. The number of nitrogens with zero attached hydrogens (tertiary/aromatic N) is 1. The van der Waals surface area contributed by atoms with E-state index in [1.807, 2.05) is 19.1 Å². The maximum atomic E-state index is 12.1. The molecule has 0 spiro atoms. The van der Waals surface area contributed by atoms with Crippen LogP contribution in [0.1, 0.15) is 24.0 Å². The molecule has 120 valence electrons. The van der Waals surface area contributed by atoms with E-state index >= 15 is 0 Å². The third kappa shape index (κ3) is 5.31. The fourth-order valence-electron chi connectivity index (χ4n) is 1.89. The molecule has 0 saturated heterocycles. The number of hydrogen-bond donors (Lipinski definition) is 1. The monoisotopic (exact) mass is 328 g/mol. The molecular weight excluding hydrogens is 310 g/mol. The number of nitrogens with one attached hydrogen (secondary N) is 1. The fraction of sp³-hybridized carbons (Fsp3) is 0.400. The highest BCUT2D eigenvalue weighted by molar-refractivity contribution is 7.98. The van der Waals surface area contributed by atoms with Crippen LogP contribution in [-0.4, -0.2) is 17.3 Å². The summed E-state index contributed by atoms with van der Waals surface area (Å²) in [4.78, 5) is 4.18. The largest absolute Gasteiger partial charge is 0.478 e. The van der Waals surface area contributed by atoms with Crippen molar-refractivity contribution in [3.05, 3.63) is 47.5 Å². The molecule has 0 saturated carbocycles. The normalized spacial score (nSPS) is 11.1. The summed E-state index contributed by atoms with van der Waals surface area (Å²) in [6.07, 6.45) is 1.69. The summed E-state index contributed by atoms with van der Waals surface area (Å²) in [5.74, 6) is -0.320. The van der Waals surface area contributed by atoms with Gasteiger partial charge in [0.15, 0.2) is 0 Å². The molecule has 2 aromatic heterocycles. The predicted molar refractivity (Wildman–Crippen MR) is 82.0 cm³/mol. The van der Waals surface area contributed by atoms with E-state index in [1.54, 1.807) is 18.3 Å². The summed E-state index contributed by atoms with van der Waals surface area (Å²) in [5, 5.41) is 3.23. The zero-order chi connectivity index (χ0) is 15.8. The van der Waals surface area contributed by atoms with Crippen molar-refractivity contribution < 1.29 is 17.9 Å². The Morgan fingerprint density at radius 3 is 2.86 bits per heavy atom. The molecule has 0 bridgehead atoms. The topological polar surface area (TPSA) is 47.3 Å². The van der Waals surface area contributed by atoms with E-state index in [0.29, 0.717) is 48.9 Å². The molecule has 22 heavy (non-hydrogen) atoms. The first-order valence-corrected chi connectivity index (χ1v) is 7.98. The summed E-state index contributed by atoms with van der Waals surface area (Å²) in [6.45, 7) is 3.58. The van der Waals surface area contributed by atoms with Gasteiger partial charge in [-0.2, -0.15) is 8.78 Å². The number of ether oxygens (including phenoxy) is 1. The van der Waals surface area contributed by atoms with Crippen molar-refractivity contribution in [3.63, 3.8) is 0 Å². The molecule has 0 amide bonds. The van der Waals surface area contributed by atoms with Gasteiger partial charge in [0.2, 0.25) is 5.88 Å². The molecule has 2 heterocycles. The van der Waals surface area contributed by atoms with Gasteiger partial charge in [0.25, 0.3) is 5.76 Å². The van der Waals surface area contributed by atoms with Gasteiger partial charge in [-0.1, -0.05) is 17.8 Å². The van der Waals surface area contributed by atoms with Gasteiger partial charge in [0.1, 0.15) is 11.5 Å². The zero-order valence-electron chi connectivity index (χ0n) is 12.2. The van der Waals surface area contributed by atoms with E-state index in [0.717, 1.165) is 5.56 Å². The SMILES string of the molecule is CCOc1ncccc1CNCc1ccc(CSC(F)F)o1. The Balaban J connectivity index is 1.81. The highest BCUT2D eigenvalue weighted by Gasteiger charge is 2.08. The van der Waals surface area contributed by atoms with Crippen molar-refractivity contribution in [3.8, 4) is 5.88 Å². The number of rotatable bonds is 9. The quantitative estimate of drug-likeness (QED) is 0.758. The molecule has 0 atom stereocenters. The first kappa shape index (κ1) is 16.8. The maximum absolute atomic E-state index is 12.1. The predicted octanol–water partition coefficient (Wildman–Crippen LogP) is 3.82. The molecule has 0 aliphatic carbocycles. The summed E-state index contributed by atoms with van der Waals surface area (Å²) >= 11 is 0.554. The number of halogens is 2. The van der Waals surface area contributed by atoms with Crippen LogP contribution in [0, 0.1) is 0 Å². The Kier molecular flexibility index (Phi) is 6.67. The van der Waals surface area contributed by atoms with Crippen LogP contribution in [0.25, 0.3) is 0 Å². The number of hydrogen-bond acceptors (Lipinski definition) is 5. The Morgan fingerprint density at radius 1 is 1.27 bits per heavy atom. The van der Waals surface area contributed by atoms with Gasteiger partial charge in [-0.05, 0) is 25.1 Å². The van der Waals surface area contributed by atoms with E-state index in [9.17, 15) is 8.78 Å². The summed E-state index contributed by atoms with van der Waals surface area (Å²) in [7, 11) is 0. The van der Waals surface area contributed by atoms with Gasteiger partial charge in [-0.3, -0.25) is 0 Å². The second-order valence-corrected chi connectivity index (χ2v) is 5.42. The van der Waals surface area contributed by atoms with Gasteiger partial charge in [-0.15, -0.1) is 0 Å². The van der Waals surface area contributed by atoms with Gasteiger partial charge < -0.3 is 14.5 Å². The Labute approximate surface area is 132 Å². The van der Waals surface area contributed by atoms with Crippen molar-refractivity contribution in [2.45, 2.75) is 31.5 Å². The molecule has 0 aromatic carbocycles. The first-order valence-electron chi connectivity index (χ1n) is 6.93. The highest BCUT2D eigenvalue weighted by Crippen LogP contribution is 2.21. The lowest BCUT2D eigenvalue weighted by molar-refractivity contribution is 0.251. The van der Waals surface area contributed by atoms with Crippen LogP contribution in [-0.2, 0) is 18.8 Å². The standard InChI is InChI=1S/C15H18F2N2O2S/c1-2-20-14-11(4-3-7-19-14)8-18-9-12-5-6-13(21-12)10-22-15(16)17/h3-7,15,18H,2,8-10H2,1H3. The Bertz CT molecular complexity index is 578. The van der Waals surface area contributed by atoms with Crippen LogP contribution in [0.15, 0.2) is 34.9 Å². The van der Waals surface area contributed by atoms with E-state index < -0.39 is 5.76 Å². The lowest BCUT2D eigenvalue weighted by atomic mass is 10.2. The second kappa shape index (κ2) is 8.75. The summed E-state index contributed by atoms with van der Waals surface area (Å²) in [6, 6.07) is 7.31. The van der Waals surface area contributed by atoms with Gasteiger partial charge in [0, 0.05) is 18.3 Å². The number of pyridine rings is 1. The molecule has 0 aliphatic heterocycles. The minimum Gasteiger partial charge on any atom is -0.478 e. The highest BCUT2D eigenvalue weighted by atomic mass is 32.2. The molecule has 2 aromatic rings. The van der Waals surface area contributed by atoms with E-state index in [4.69, 9.17) is 9.15 Å². The Morgan fingerprint density at radius 2 is 2.09 bits per heavy atom. The number of aromatic nitrogens is 1. The molecule has 2 rings (SSSR count). The average molecular weight is 328 g/mol. The van der Waals surface area contributed by atoms with Crippen molar-refractivity contribution >= 4 is 11.8 Å². The van der Waals surface area contributed by atoms with Crippen LogP contribution in [0.2, 0.25) is 0 Å². The van der Waals surface area contributed by atoms with Crippen LogP contribution >= 0.6 is 11.8 Å². The van der Waals surface area contributed by atoms with Crippen LogP contribution in [0.5, 0.6) is 5.88 Å². The third-order valence-electron chi connectivity index (χ3n) is 2.81. The second-order valence-electron chi connectivity index (χ2n) is 4.44. The molecule has 7 heteroatoms. The van der Waals surface area contributed by atoms with E-state index in [1.165, 1.54) is 0 Å². The minimum atomic E-state index is -2.38. The molecule has 0 unspecified atom stereocenters. The zero-order valence-corrected chi connectivity index (χ0v) is 13.0. The fourth-order valence-corrected chi connectivity index (χ4v) is 2.33. The summed E-state index contributed by atoms with van der Waals surface area (Å²) < 4.78 is 35.2. The van der Waals surface area contributed by atoms with Gasteiger partial charge >= 0.3 is 0 Å². The number of furan rings is 1. The summed E-state index contributed by atoms with van der Waals surface area (Å²) in [5.41, 5.74) is 0.962. The van der Waals surface area contributed by atoms with E-state index in [-0.39, 0.29) is 5.75 Å². The van der Waals surface area contributed by atoms with Gasteiger partial charge in [0.05, 0.1) is 18.9 Å². The molecule has 0 fully saturated rings. The lowest BCUT2D eigenvalue weighted by Gasteiger charge is -2.08. The van der Waals surface area contributed by atoms with E-state index in [2.05, 4.69) is 10.3 Å². The minimum absolute atomic E-state index is 0.175. The van der Waals surface area contributed by atoms with Crippen LogP contribution in [0.3, 0.4) is 0 Å². The number of thioether (sulfide) groups is 1. The molecule has 1 N–H and O–H groups in total. The molecule has 0 aliphatic rings. The first-order chi connectivity index (χ1) is 10.7. The molecule has 4 nitrogen and oxygen atoms in total. The smallest absolute Gasteiger partial charge is 0.284 e.